The van der Waals surface area contributed by atoms with Crippen molar-refractivity contribution in [3.8, 4) is 5.75 Å². The Morgan fingerprint density at radius 1 is 1.32 bits per heavy atom. The quantitative estimate of drug-likeness (QED) is 0.781. The van der Waals surface area contributed by atoms with Crippen LogP contribution in [0.1, 0.15) is 17.9 Å². The molecule has 0 radical (unpaired) electrons. The van der Waals surface area contributed by atoms with Gasteiger partial charge in [-0.1, -0.05) is 18.2 Å². The first kappa shape index (κ1) is 13.9. The van der Waals surface area contributed by atoms with Gasteiger partial charge >= 0.3 is 5.97 Å². The highest BCUT2D eigenvalue weighted by Crippen LogP contribution is 2.37. The number of likely N-dealkylation sites (tertiary alicyclic amines) is 1. The van der Waals surface area contributed by atoms with Gasteiger partial charge in [0.2, 0.25) is 0 Å². The minimum Gasteiger partial charge on any atom is -0.496 e. The minimum atomic E-state index is -0.137. The summed E-state index contributed by atoms with van der Waals surface area (Å²) in [5, 5.41) is 0. The van der Waals surface area contributed by atoms with Crippen molar-refractivity contribution in [2.75, 3.05) is 34.4 Å². The lowest BCUT2D eigenvalue weighted by Crippen LogP contribution is -2.41. The topological polar surface area (TPSA) is 38.8 Å². The molecule has 1 aromatic carbocycles. The van der Waals surface area contributed by atoms with Crippen LogP contribution in [0.25, 0.3) is 0 Å². The van der Waals surface area contributed by atoms with Gasteiger partial charge in [0.25, 0.3) is 0 Å². The Bertz CT molecular complexity index is 447. The maximum absolute atomic E-state index is 12.0. The lowest BCUT2D eigenvalue weighted by molar-refractivity contribution is -0.148. The van der Waals surface area contributed by atoms with Crippen LogP contribution in [0, 0.1) is 5.92 Å². The van der Waals surface area contributed by atoms with Crippen molar-refractivity contribution in [1.82, 2.24) is 4.90 Å². The summed E-state index contributed by atoms with van der Waals surface area (Å²) in [5.74, 6) is 0.758. The fourth-order valence-electron chi connectivity index (χ4n) is 2.85. The van der Waals surface area contributed by atoms with Crippen LogP contribution in [0.15, 0.2) is 24.3 Å². The van der Waals surface area contributed by atoms with E-state index in [0.29, 0.717) is 0 Å². The lowest BCUT2D eigenvalue weighted by Gasteiger charge is -2.35. The molecule has 1 heterocycles. The van der Waals surface area contributed by atoms with E-state index in [9.17, 15) is 4.79 Å². The molecule has 2 unspecified atom stereocenters. The first-order valence-electron chi connectivity index (χ1n) is 6.56. The van der Waals surface area contributed by atoms with Crippen molar-refractivity contribution < 1.29 is 14.3 Å². The Labute approximate surface area is 114 Å². The van der Waals surface area contributed by atoms with E-state index in [2.05, 4.69) is 4.90 Å². The van der Waals surface area contributed by atoms with Crippen LogP contribution in [0.2, 0.25) is 0 Å². The molecule has 0 saturated carbocycles. The Hall–Kier alpha value is -1.55. The van der Waals surface area contributed by atoms with Gasteiger partial charge in [-0.25, -0.2) is 0 Å². The number of piperidine rings is 1. The molecule has 1 aliphatic rings. The van der Waals surface area contributed by atoms with Gasteiger partial charge in [-0.3, -0.25) is 4.79 Å². The number of para-hydroxylation sites is 1. The van der Waals surface area contributed by atoms with E-state index in [-0.39, 0.29) is 17.8 Å². The van der Waals surface area contributed by atoms with Crippen LogP contribution in [0.4, 0.5) is 0 Å². The zero-order chi connectivity index (χ0) is 13.8. The summed E-state index contributed by atoms with van der Waals surface area (Å²) < 4.78 is 10.4. The number of carbonyl (C=O) groups excluding carboxylic acids is 1. The van der Waals surface area contributed by atoms with E-state index in [1.807, 2.05) is 31.3 Å². The molecular weight excluding hydrogens is 242 g/mol. The van der Waals surface area contributed by atoms with Crippen molar-refractivity contribution in [1.29, 1.82) is 0 Å². The van der Waals surface area contributed by atoms with E-state index in [0.717, 1.165) is 30.8 Å². The molecule has 0 spiro atoms. The van der Waals surface area contributed by atoms with Crippen LogP contribution in [-0.2, 0) is 9.53 Å². The molecule has 1 saturated heterocycles. The number of rotatable bonds is 3. The molecule has 4 heteroatoms. The highest BCUT2D eigenvalue weighted by atomic mass is 16.5. The Morgan fingerprint density at radius 2 is 2.05 bits per heavy atom. The van der Waals surface area contributed by atoms with Gasteiger partial charge in [0.15, 0.2) is 0 Å². The molecule has 1 aliphatic heterocycles. The molecule has 1 aromatic rings. The molecule has 0 amide bonds. The van der Waals surface area contributed by atoms with Crippen LogP contribution < -0.4 is 4.74 Å². The van der Waals surface area contributed by atoms with E-state index in [4.69, 9.17) is 9.47 Å². The van der Waals surface area contributed by atoms with Crippen LogP contribution in [0.5, 0.6) is 5.75 Å². The Balaban J connectivity index is 2.32. The van der Waals surface area contributed by atoms with Crippen LogP contribution in [-0.4, -0.2) is 45.2 Å². The third-order valence-electron chi connectivity index (χ3n) is 3.86. The van der Waals surface area contributed by atoms with Gasteiger partial charge in [0, 0.05) is 12.5 Å². The summed E-state index contributed by atoms with van der Waals surface area (Å²) in [6.07, 6.45) is 0.941. The first-order chi connectivity index (χ1) is 9.17. The number of methoxy groups -OCH3 is 2. The van der Waals surface area contributed by atoms with E-state index >= 15 is 0 Å². The molecule has 2 atom stereocenters. The number of nitrogens with zero attached hydrogens (tertiary/aromatic N) is 1. The van der Waals surface area contributed by atoms with E-state index < -0.39 is 0 Å². The van der Waals surface area contributed by atoms with Crippen molar-refractivity contribution in [3.63, 3.8) is 0 Å². The first-order valence-corrected chi connectivity index (χ1v) is 6.56. The SMILES string of the molecule is COC(=O)C1CN(C)CCC1c1ccccc1OC. The summed E-state index contributed by atoms with van der Waals surface area (Å²) in [5.41, 5.74) is 1.11. The predicted molar refractivity (Wildman–Crippen MR) is 73.4 cm³/mol. The highest BCUT2D eigenvalue weighted by Gasteiger charge is 2.36. The largest absolute Gasteiger partial charge is 0.496 e. The zero-order valence-corrected chi connectivity index (χ0v) is 11.8. The number of ether oxygens (including phenoxy) is 2. The summed E-state index contributed by atoms with van der Waals surface area (Å²) in [7, 11) is 5.16. The molecule has 19 heavy (non-hydrogen) atoms. The number of esters is 1. The number of benzene rings is 1. The fraction of sp³-hybridized carbons (Fsp3) is 0.533. The number of hydrogen-bond acceptors (Lipinski definition) is 4. The monoisotopic (exact) mass is 263 g/mol. The number of carbonyl (C=O) groups is 1. The molecule has 0 aromatic heterocycles. The van der Waals surface area contributed by atoms with Crippen molar-refractivity contribution in [2.24, 2.45) is 5.92 Å². The summed E-state index contributed by atoms with van der Waals surface area (Å²) in [6, 6.07) is 7.93. The fourth-order valence-corrected chi connectivity index (χ4v) is 2.85. The maximum atomic E-state index is 12.0. The minimum absolute atomic E-state index is 0.125. The summed E-state index contributed by atoms with van der Waals surface area (Å²) in [6.45, 7) is 1.71. The second-order valence-electron chi connectivity index (χ2n) is 5.03. The van der Waals surface area contributed by atoms with E-state index in [1.165, 1.54) is 7.11 Å². The third-order valence-corrected chi connectivity index (χ3v) is 3.86. The number of hydrogen-bond donors (Lipinski definition) is 0. The van der Waals surface area contributed by atoms with Gasteiger partial charge in [-0.15, -0.1) is 0 Å². The van der Waals surface area contributed by atoms with Gasteiger partial charge in [0.05, 0.1) is 20.1 Å². The summed E-state index contributed by atoms with van der Waals surface area (Å²) >= 11 is 0. The molecule has 0 N–H and O–H groups in total. The van der Waals surface area contributed by atoms with Crippen LogP contribution in [0.3, 0.4) is 0 Å². The average molecular weight is 263 g/mol. The molecular formula is C15H21NO3. The van der Waals surface area contributed by atoms with Gasteiger partial charge < -0.3 is 14.4 Å². The molecule has 2 rings (SSSR count). The van der Waals surface area contributed by atoms with Gasteiger partial charge in [0.1, 0.15) is 5.75 Å². The smallest absolute Gasteiger partial charge is 0.310 e. The van der Waals surface area contributed by atoms with Gasteiger partial charge in [-0.2, -0.15) is 0 Å². The molecule has 0 aliphatic carbocycles. The Morgan fingerprint density at radius 3 is 2.74 bits per heavy atom. The zero-order valence-electron chi connectivity index (χ0n) is 11.8. The van der Waals surface area contributed by atoms with Crippen LogP contribution >= 0.6 is 0 Å². The second kappa shape index (κ2) is 6.06. The maximum Gasteiger partial charge on any atom is 0.310 e. The highest BCUT2D eigenvalue weighted by molar-refractivity contribution is 5.74. The molecule has 4 nitrogen and oxygen atoms in total. The normalized spacial score (nSPS) is 23.9. The van der Waals surface area contributed by atoms with Crippen molar-refractivity contribution >= 4 is 5.97 Å². The second-order valence-corrected chi connectivity index (χ2v) is 5.03. The molecule has 1 fully saturated rings. The third kappa shape index (κ3) is 2.89. The molecule has 0 bridgehead atoms. The van der Waals surface area contributed by atoms with Crippen molar-refractivity contribution in [2.45, 2.75) is 12.3 Å². The average Bonchev–Trinajstić information content (AvgIpc) is 2.46. The predicted octanol–water partition coefficient (Wildman–Crippen LogP) is 1.90. The lowest BCUT2D eigenvalue weighted by atomic mass is 9.80. The molecule has 104 valence electrons. The van der Waals surface area contributed by atoms with Crippen molar-refractivity contribution in [3.05, 3.63) is 29.8 Å². The summed E-state index contributed by atoms with van der Waals surface area (Å²) in [4.78, 5) is 14.2. The van der Waals surface area contributed by atoms with Gasteiger partial charge in [-0.05, 0) is 31.6 Å². The van der Waals surface area contributed by atoms with E-state index in [1.54, 1.807) is 7.11 Å². The standard InChI is InChI=1S/C15H21NO3/c1-16-9-8-11(13(10-16)15(17)19-3)12-6-4-5-7-14(12)18-2/h4-7,11,13H,8-10H2,1-3H3. The Kier molecular flexibility index (Phi) is 4.43.